The van der Waals surface area contributed by atoms with Gasteiger partial charge in [0.05, 0.1) is 13.1 Å². The average molecular weight is 388 g/mol. The van der Waals surface area contributed by atoms with Gasteiger partial charge in [-0.25, -0.2) is 4.99 Å². The molecule has 0 unspecified atom stereocenters. The van der Waals surface area contributed by atoms with Gasteiger partial charge in [0.1, 0.15) is 5.75 Å². The van der Waals surface area contributed by atoms with Crippen molar-refractivity contribution < 1.29 is 22.7 Å². The number of hydrogen-bond donors (Lipinski definition) is 2. The number of unbranched alkanes of at least 4 members (excludes halogenated alkanes) is 1. The molecule has 0 fully saturated rings. The smallest absolute Gasteiger partial charge is 0.422 e. The van der Waals surface area contributed by atoms with E-state index in [4.69, 9.17) is 0 Å². The molecule has 2 N–H and O–H groups in total. The van der Waals surface area contributed by atoms with Crippen molar-refractivity contribution >= 4 is 11.9 Å². The largest absolute Gasteiger partial charge is 0.484 e. The Kier molecular flexibility index (Phi) is 9.46. The van der Waals surface area contributed by atoms with Gasteiger partial charge in [-0.3, -0.25) is 4.79 Å². The van der Waals surface area contributed by atoms with Crippen LogP contribution in [0, 0.1) is 0 Å². The van der Waals surface area contributed by atoms with E-state index in [9.17, 15) is 18.0 Å². The Bertz CT molecular complexity index is 602. The van der Waals surface area contributed by atoms with Crippen LogP contribution in [0.5, 0.6) is 5.75 Å². The number of alkyl halides is 3. The second-order valence-corrected chi connectivity index (χ2v) is 6.13. The topological polar surface area (TPSA) is 66.0 Å². The van der Waals surface area contributed by atoms with Crippen LogP contribution in [-0.2, 0) is 11.3 Å². The minimum Gasteiger partial charge on any atom is -0.484 e. The first-order chi connectivity index (χ1) is 12.7. The van der Waals surface area contributed by atoms with E-state index in [1.807, 2.05) is 0 Å². The number of halogens is 3. The van der Waals surface area contributed by atoms with Gasteiger partial charge in [-0.05, 0) is 24.1 Å². The van der Waals surface area contributed by atoms with Crippen LogP contribution in [0.4, 0.5) is 13.2 Å². The Labute approximate surface area is 157 Å². The lowest BCUT2D eigenvalue weighted by Gasteiger charge is -2.15. The van der Waals surface area contributed by atoms with E-state index < -0.39 is 12.8 Å². The van der Waals surface area contributed by atoms with Crippen LogP contribution < -0.4 is 15.4 Å². The third-order valence-electron chi connectivity index (χ3n) is 3.47. The van der Waals surface area contributed by atoms with Gasteiger partial charge >= 0.3 is 6.18 Å². The summed E-state index contributed by atoms with van der Waals surface area (Å²) < 4.78 is 41.1. The van der Waals surface area contributed by atoms with Gasteiger partial charge in [0.25, 0.3) is 0 Å². The lowest BCUT2D eigenvalue weighted by Crippen LogP contribution is -2.43. The molecule has 0 atom stereocenters. The quantitative estimate of drug-likeness (QED) is 0.388. The SMILES string of the molecule is CCCCNC(=NCc1ccc(OCC(F)(F)F)cc1)NCC(=O)N(C)C. The van der Waals surface area contributed by atoms with Gasteiger partial charge in [0.2, 0.25) is 5.91 Å². The second-order valence-electron chi connectivity index (χ2n) is 6.13. The molecule has 6 nitrogen and oxygen atoms in total. The Morgan fingerprint density at radius 2 is 1.85 bits per heavy atom. The molecule has 1 amide bonds. The number of amides is 1. The molecule has 0 aliphatic rings. The number of aliphatic imine (C=N–C) groups is 1. The number of guanidine groups is 1. The zero-order valence-electron chi connectivity index (χ0n) is 15.9. The minimum atomic E-state index is -4.36. The third-order valence-corrected chi connectivity index (χ3v) is 3.47. The predicted octanol–water partition coefficient (Wildman–Crippen LogP) is 2.55. The summed E-state index contributed by atoms with van der Waals surface area (Å²) in [6, 6.07) is 6.27. The third kappa shape index (κ3) is 10.3. The van der Waals surface area contributed by atoms with Crippen molar-refractivity contribution in [3.63, 3.8) is 0 Å². The van der Waals surface area contributed by atoms with Crippen LogP contribution in [-0.4, -0.2) is 56.7 Å². The van der Waals surface area contributed by atoms with Gasteiger partial charge in [-0.2, -0.15) is 13.2 Å². The lowest BCUT2D eigenvalue weighted by atomic mass is 10.2. The molecule has 0 bridgehead atoms. The van der Waals surface area contributed by atoms with Crippen LogP contribution >= 0.6 is 0 Å². The van der Waals surface area contributed by atoms with Crippen molar-refractivity contribution in [3.8, 4) is 5.75 Å². The molecule has 0 saturated carbocycles. The highest BCUT2D eigenvalue weighted by atomic mass is 19.4. The summed E-state index contributed by atoms with van der Waals surface area (Å²) >= 11 is 0. The van der Waals surface area contributed by atoms with Crippen molar-refractivity contribution in [1.29, 1.82) is 0 Å². The van der Waals surface area contributed by atoms with Crippen molar-refractivity contribution in [2.75, 3.05) is 33.8 Å². The van der Waals surface area contributed by atoms with E-state index >= 15 is 0 Å². The zero-order chi connectivity index (χ0) is 20.3. The van der Waals surface area contributed by atoms with Crippen LogP contribution in [0.3, 0.4) is 0 Å². The van der Waals surface area contributed by atoms with Crippen LogP contribution in [0.25, 0.3) is 0 Å². The standard InChI is InChI=1S/C18H27F3N4O2/c1-4-5-10-22-17(24-12-16(26)25(2)3)23-11-14-6-8-15(9-7-14)27-13-18(19,20)21/h6-9H,4-5,10-13H2,1-3H3,(H2,22,23,24). The van der Waals surface area contributed by atoms with E-state index in [-0.39, 0.29) is 18.2 Å². The van der Waals surface area contributed by atoms with Gasteiger partial charge in [0, 0.05) is 20.6 Å². The Morgan fingerprint density at radius 3 is 2.41 bits per heavy atom. The van der Waals surface area contributed by atoms with E-state index in [0.717, 1.165) is 24.9 Å². The molecule has 1 aromatic rings. The number of benzene rings is 1. The molecule has 27 heavy (non-hydrogen) atoms. The second kappa shape index (κ2) is 11.3. The first-order valence-electron chi connectivity index (χ1n) is 8.72. The maximum Gasteiger partial charge on any atom is 0.422 e. The number of likely N-dealkylation sites (N-methyl/N-ethyl adjacent to an activating group) is 1. The number of carbonyl (C=O) groups is 1. The highest BCUT2D eigenvalue weighted by molar-refractivity contribution is 5.86. The van der Waals surface area contributed by atoms with Gasteiger partial charge in [-0.15, -0.1) is 0 Å². The fourth-order valence-corrected chi connectivity index (χ4v) is 1.90. The molecule has 9 heteroatoms. The Morgan fingerprint density at radius 1 is 1.19 bits per heavy atom. The van der Waals surface area contributed by atoms with Crippen molar-refractivity contribution in [2.24, 2.45) is 4.99 Å². The van der Waals surface area contributed by atoms with E-state index in [0.29, 0.717) is 12.5 Å². The maximum atomic E-state index is 12.2. The fraction of sp³-hybridized carbons (Fsp3) is 0.556. The van der Waals surface area contributed by atoms with Gasteiger partial charge < -0.3 is 20.3 Å². The minimum absolute atomic E-state index is 0.0776. The average Bonchev–Trinajstić information content (AvgIpc) is 2.61. The first-order valence-corrected chi connectivity index (χ1v) is 8.72. The maximum absolute atomic E-state index is 12.2. The van der Waals surface area contributed by atoms with Crippen molar-refractivity contribution in [1.82, 2.24) is 15.5 Å². The van der Waals surface area contributed by atoms with Crippen molar-refractivity contribution in [3.05, 3.63) is 29.8 Å². The molecule has 0 aliphatic heterocycles. The van der Waals surface area contributed by atoms with Crippen LogP contribution in [0.15, 0.2) is 29.3 Å². The molecule has 1 rings (SSSR count). The Balaban J connectivity index is 2.63. The predicted molar refractivity (Wildman–Crippen MR) is 98.7 cm³/mol. The first kappa shape index (κ1) is 22.6. The fourth-order valence-electron chi connectivity index (χ4n) is 1.90. The molecule has 0 heterocycles. The number of nitrogens with zero attached hydrogens (tertiary/aromatic N) is 2. The molecular formula is C18H27F3N4O2. The summed E-state index contributed by atoms with van der Waals surface area (Å²) in [5.74, 6) is 0.582. The highest BCUT2D eigenvalue weighted by Crippen LogP contribution is 2.19. The van der Waals surface area contributed by atoms with Crippen LogP contribution in [0.2, 0.25) is 0 Å². The summed E-state index contributed by atoms with van der Waals surface area (Å²) in [6.45, 7) is 1.92. The van der Waals surface area contributed by atoms with E-state index in [1.54, 1.807) is 26.2 Å². The molecule has 0 spiro atoms. The lowest BCUT2D eigenvalue weighted by molar-refractivity contribution is -0.153. The van der Waals surface area contributed by atoms with Crippen molar-refractivity contribution in [2.45, 2.75) is 32.5 Å². The van der Waals surface area contributed by atoms with Crippen LogP contribution in [0.1, 0.15) is 25.3 Å². The summed E-state index contributed by atoms with van der Waals surface area (Å²) in [7, 11) is 3.35. The summed E-state index contributed by atoms with van der Waals surface area (Å²) in [4.78, 5) is 17.6. The van der Waals surface area contributed by atoms with Gasteiger partial charge in [0.15, 0.2) is 12.6 Å². The van der Waals surface area contributed by atoms with Gasteiger partial charge in [-0.1, -0.05) is 25.5 Å². The number of rotatable bonds is 9. The highest BCUT2D eigenvalue weighted by Gasteiger charge is 2.28. The summed E-state index contributed by atoms with van der Waals surface area (Å²) in [5.41, 5.74) is 0.810. The van der Waals surface area contributed by atoms with E-state index in [2.05, 4.69) is 27.3 Å². The molecular weight excluding hydrogens is 361 g/mol. The van der Waals surface area contributed by atoms with E-state index in [1.165, 1.54) is 17.0 Å². The Hall–Kier alpha value is -2.45. The normalized spacial score (nSPS) is 11.9. The number of nitrogens with one attached hydrogen (secondary N) is 2. The summed E-state index contributed by atoms with van der Waals surface area (Å²) in [6.07, 6.45) is -2.37. The number of ether oxygens (including phenoxy) is 1. The summed E-state index contributed by atoms with van der Waals surface area (Å²) in [5, 5.41) is 6.13. The molecule has 0 aliphatic carbocycles. The molecule has 0 aromatic heterocycles. The number of hydrogen-bond acceptors (Lipinski definition) is 3. The monoisotopic (exact) mass is 388 g/mol. The molecule has 1 aromatic carbocycles. The molecule has 152 valence electrons. The molecule has 0 radical (unpaired) electrons. The zero-order valence-corrected chi connectivity index (χ0v) is 15.9. The number of carbonyl (C=O) groups excluding carboxylic acids is 1. The molecule has 0 saturated heterocycles.